The molecule has 2 saturated carbocycles. The van der Waals surface area contributed by atoms with Crippen molar-refractivity contribution in [3.63, 3.8) is 0 Å². The van der Waals surface area contributed by atoms with Crippen molar-refractivity contribution in [1.82, 2.24) is 20.3 Å². The van der Waals surface area contributed by atoms with Gasteiger partial charge in [0.15, 0.2) is 5.71 Å². The minimum atomic E-state index is -4.91. The topological polar surface area (TPSA) is 182 Å². The quantitative estimate of drug-likeness (QED) is 0.295. The van der Waals surface area contributed by atoms with E-state index in [9.17, 15) is 27.6 Å². The number of benzene rings is 1. The molecule has 6 aliphatic rings. The van der Waals surface area contributed by atoms with Crippen molar-refractivity contribution in [3.8, 4) is 5.75 Å². The van der Waals surface area contributed by atoms with Gasteiger partial charge in [0.2, 0.25) is 21.8 Å². The van der Waals surface area contributed by atoms with Crippen molar-refractivity contribution in [2.75, 3.05) is 20.3 Å². The van der Waals surface area contributed by atoms with Crippen molar-refractivity contribution >= 4 is 45.2 Å². The maximum atomic E-state index is 15.0. The summed E-state index contributed by atoms with van der Waals surface area (Å²) in [5, 5.41) is 5.51. The largest absolute Gasteiger partial charge is 0.497 e. The molecule has 0 bridgehead atoms. The number of alkyl halides is 3. The van der Waals surface area contributed by atoms with Crippen LogP contribution in [0, 0.1) is 11.3 Å². The van der Waals surface area contributed by atoms with E-state index in [1.807, 2.05) is 26.8 Å². The second-order valence-corrected chi connectivity index (χ2v) is 21.3. The summed E-state index contributed by atoms with van der Waals surface area (Å²) < 4.78 is 90.2. The van der Waals surface area contributed by atoms with Crippen molar-refractivity contribution in [2.45, 2.75) is 151 Å². The van der Waals surface area contributed by atoms with E-state index in [1.165, 1.54) is 38.0 Å². The summed E-state index contributed by atoms with van der Waals surface area (Å²) in [5.41, 5.74) is -6.10. The predicted octanol–water partition coefficient (Wildman–Crippen LogP) is 5.87. The van der Waals surface area contributed by atoms with E-state index in [1.54, 1.807) is 12.1 Å². The average molecular weight is 864 g/mol. The lowest BCUT2D eigenvalue weighted by molar-refractivity contribution is -0.171. The lowest BCUT2D eigenvalue weighted by atomic mass is 9.69. The van der Waals surface area contributed by atoms with Crippen molar-refractivity contribution in [2.24, 2.45) is 16.3 Å². The van der Waals surface area contributed by atoms with Gasteiger partial charge in [-0.1, -0.05) is 45.8 Å². The summed E-state index contributed by atoms with van der Waals surface area (Å²) in [7, 11) is -2.64. The maximum absolute atomic E-state index is 15.0. The maximum Gasteiger partial charge on any atom is 0.432 e. The first kappa shape index (κ1) is 43.9. The average Bonchev–Trinajstić information content (AvgIpc) is 4.05. The van der Waals surface area contributed by atoms with Gasteiger partial charge in [0, 0.05) is 18.3 Å². The molecule has 3 N–H and O–H groups in total. The first-order chi connectivity index (χ1) is 27.9. The van der Waals surface area contributed by atoms with Gasteiger partial charge in [-0.2, -0.15) is 13.2 Å². The molecule has 1 spiro atoms. The highest BCUT2D eigenvalue weighted by atomic mass is 32.2. The molecule has 0 radical (unpaired) electrons. The number of carbonyl (C=O) groups excluding carboxylic acids is 4. The van der Waals surface area contributed by atoms with Crippen LogP contribution < -0.4 is 20.1 Å². The molecule has 4 heterocycles. The molecule has 0 aromatic heterocycles. The molecule has 7 atom stereocenters. The van der Waals surface area contributed by atoms with Crippen molar-refractivity contribution < 1.29 is 55.0 Å². The highest BCUT2D eigenvalue weighted by Gasteiger charge is 2.66. The lowest BCUT2D eigenvalue weighted by Crippen LogP contribution is -2.60. The van der Waals surface area contributed by atoms with Gasteiger partial charge < -0.3 is 29.7 Å². The molecule has 4 amide bonds. The third-order valence-corrected chi connectivity index (χ3v) is 15.3. The lowest BCUT2D eigenvalue weighted by Gasteiger charge is -2.52. The second-order valence-electron chi connectivity index (χ2n) is 19.1. The van der Waals surface area contributed by atoms with Crippen LogP contribution in [0.1, 0.15) is 117 Å². The molecule has 330 valence electrons. The molecular weight excluding hydrogens is 808 g/mol. The van der Waals surface area contributed by atoms with Gasteiger partial charge in [-0.05, 0) is 94.4 Å². The smallest absolute Gasteiger partial charge is 0.432 e. The summed E-state index contributed by atoms with van der Waals surface area (Å²) >= 11 is 0. The van der Waals surface area contributed by atoms with E-state index in [-0.39, 0.29) is 56.4 Å². The first-order valence-electron chi connectivity index (χ1n) is 20.8. The number of ether oxygens (including phenoxy) is 3. The molecule has 2 unspecified atom stereocenters. The molecule has 14 nitrogen and oxygen atoms in total. The zero-order valence-electron chi connectivity index (χ0n) is 35.0. The highest BCUT2D eigenvalue weighted by Crippen LogP contribution is 2.56. The number of allylic oxidation sites excluding steroid dienone is 1. The Balaban J connectivity index is 1.25. The van der Waals surface area contributed by atoms with E-state index < -0.39 is 91.1 Å². The van der Waals surface area contributed by atoms with Gasteiger partial charge in [-0.15, -0.1) is 0 Å². The molecule has 18 heteroatoms. The fourth-order valence-electron chi connectivity index (χ4n) is 9.24. The Morgan fingerprint density at radius 1 is 1.05 bits per heavy atom. The summed E-state index contributed by atoms with van der Waals surface area (Å²) in [6.07, 6.45) is 1.50. The number of hydrogen-bond acceptors (Lipinski definition) is 10. The molecule has 1 aromatic rings. The summed E-state index contributed by atoms with van der Waals surface area (Å²) in [6, 6.07) is 2.10. The van der Waals surface area contributed by atoms with Crippen LogP contribution in [0.3, 0.4) is 0 Å². The summed E-state index contributed by atoms with van der Waals surface area (Å²) in [5.74, 6) is -3.32. The summed E-state index contributed by atoms with van der Waals surface area (Å²) in [6.45, 7) is 8.24. The number of aliphatic imine (C=N–C) groups is 1. The number of amides is 4. The van der Waals surface area contributed by atoms with E-state index >= 15 is 13.2 Å². The number of alkyl carbamates (subject to hydrolysis) is 1. The number of nitrogens with zero attached hydrogens (tertiary/aromatic N) is 2. The van der Waals surface area contributed by atoms with Crippen LogP contribution in [0.5, 0.6) is 5.75 Å². The van der Waals surface area contributed by atoms with Crippen LogP contribution in [0.25, 0.3) is 0 Å². The second kappa shape index (κ2) is 15.3. The van der Waals surface area contributed by atoms with Crippen molar-refractivity contribution in [1.29, 1.82) is 0 Å². The number of nitrogens with one attached hydrogen (secondary N) is 3. The third-order valence-electron chi connectivity index (χ3n) is 13.1. The fourth-order valence-corrected chi connectivity index (χ4v) is 10.6. The molecule has 2 aliphatic carbocycles. The van der Waals surface area contributed by atoms with E-state index in [2.05, 4.69) is 20.3 Å². The number of sulfonamides is 1. The van der Waals surface area contributed by atoms with Crippen LogP contribution in [0.2, 0.25) is 0 Å². The Morgan fingerprint density at radius 3 is 2.45 bits per heavy atom. The molecule has 1 aromatic carbocycles. The van der Waals surface area contributed by atoms with Crippen LogP contribution in [-0.4, -0.2) is 103 Å². The number of rotatable bonds is 6. The zero-order chi connectivity index (χ0) is 43.7. The predicted molar refractivity (Wildman–Crippen MR) is 214 cm³/mol. The molecule has 4 fully saturated rings. The fraction of sp³-hybridized carbons (Fsp3) is 0.690. The Hall–Kier alpha value is -4.19. The monoisotopic (exact) mass is 863 g/mol. The van der Waals surface area contributed by atoms with Gasteiger partial charge in [-0.25, -0.2) is 18.2 Å². The van der Waals surface area contributed by atoms with Crippen LogP contribution >= 0.6 is 0 Å². The Kier molecular flexibility index (Phi) is 11.2. The van der Waals surface area contributed by atoms with E-state index in [4.69, 9.17) is 14.2 Å². The summed E-state index contributed by atoms with van der Waals surface area (Å²) in [4.78, 5) is 62.1. The van der Waals surface area contributed by atoms with Gasteiger partial charge in [0.1, 0.15) is 29.0 Å². The number of methoxy groups -OCH3 is 1. The molecule has 2 saturated heterocycles. The Bertz CT molecular complexity index is 2100. The van der Waals surface area contributed by atoms with Gasteiger partial charge in [-0.3, -0.25) is 19.1 Å². The number of hydrogen-bond donors (Lipinski definition) is 3. The number of carbonyl (C=O) groups is 4. The first-order valence-corrected chi connectivity index (χ1v) is 22.3. The van der Waals surface area contributed by atoms with E-state index in [0.29, 0.717) is 49.8 Å². The van der Waals surface area contributed by atoms with Gasteiger partial charge in [0.25, 0.3) is 5.91 Å². The Morgan fingerprint density at radius 2 is 1.78 bits per heavy atom. The van der Waals surface area contributed by atoms with Crippen molar-refractivity contribution in [3.05, 3.63) is 35.9 Å². The number of halogens is 3. The third kappa shape index (κ3) is 8.38. The molecule has 7 rings (SSSR count). The highest BCUT2D eigenvalue weighted by molar-refractivity contribution is 7.91. The molecule has 60 heavy (non-hydrogen) atoms. The van der Waals surface area contributed by atoms with Crippen LogP contribution in [-0.2, 0) is 33.9 Å². The van der Waals surface area contributed by atoms with Crippen LogP contribution in [0.4, 0.5) is 23.7 Å². The van der Waals surface area contributed by atoms with Crippen LogP contribution in [0.15, 0.2) is 35.3 Å². The van der Waals surface area contributed by atoms with Gasteiger partial charge in [0.05, 0.1) is 36.3 Å². The Labute approximate surface area is 348 Å². The minimum absolute atomic E-state index is 0.0514. The molecular formula is C42H56F3N5O9S. The normalized spacial score (nSPS) is 33.3. The standard InChI is InChI=1S/C42H56F3N5O9S/c1-37(2,3)24-58-36(54)47-30-13-11-9-7-8-10-12-25-21-41(25,35(53)49-60(55,56)38(4)18-19-38)48-32(51)31-22-40(23-50(31)33(30)52)17-16-28-27-20-26(57-6)14-15-29(27)46-34(42(43,44)45)39(28,5)59-40/h10,12,14-15,20,25,28,30-31H,7-9,11,13,16-19,21-24H2,1-6H3,(H,47,54)(H,48,51)(H,49,53)/b12-10-/t25-,28?,30+,31+,39?,40-,41-/m1/s1. The minimum Gasteiger partial charge on any atom is -0.497 e. The number of fused-ring (bicyclic) bond motifs is 5. The van der Waals surface area contributed by atoms with E-state index in [0.717, 1.165) is 0 Å². The SMILES string of the molecule is COc1ccc2c(c1)C1CC[C@]3(C[C@H]4C(=O)N[C@]5(C(=O)NS(=O)(=O)C6(C)CC6)C[C@H]5/C=C\CCCCC[C@H](NC(=O)OCC(C)(C)C)C(=O)N4C3)OC1(C)C(C(F)(F)F)=N2. The molecule has 4 aliphatic heterocycles. The zero-order valence-corrected chi connectivity index (χ0v) is 35.8. The van der Waals surface area contributed by atoms with Gasteiger partial charge >= 0.3 is 12.3 Å².